The second kappa shape index (κ2) is 16.4. The number of rotatable bonds is 12. The van der Waals surface area contributed by atoms with E-state index in [4.69, 9.17) is 13.7 Å². The van der Waals surface area contributed by atoms with Crippen LogP contribution in [0.2, 0.25) is 0 Å². The number of aromatic nitrogens is 1. The Morgan fingerprint density at radius 2 is 1.71 bits per heavy atom. The number of piperidine rings is 1. The van der Waals surface area contributed by atoms with E-state index >= 15 is 0 Å². The SMILES string of the molecule is [2H]c1c([2H])c([2H])c2c(c1[2H])c(=O)c([2H])c(SCc1cccc(F)c1F)n2CC(=O)N(Cc1ccc(-c2ccc(C(F)(F)F)cc2)cc1)C1CCN(CC([2H])([2H])OC([2H])([2H])[2H])CC1. The van der Waals surface area contributed by atoms with E-state index < -0.39 is 103 Å². The van der Waals surface area contributed by atoms with Crippen LogP contribution in [0.1, 0.15) is 43.2 Å². The molecule has 0 N–H and O–H groups in total. The Labute approximate surface area is 316 Å². The van der Waals surface area contributed by atoms with Gasteiger partial charge in [-0.15, -0.1) is 11.8 Å². The minimum absolute atomic E-state index is 0.0688. The van der Waals surface area contributed by atoms with Crippen LogP contribution in [-0.2, 0) is 34.6 Å². The number of fused-ring (bicyclic) bond motifs is 1. The van der Waals surface area contributed by atoms with E-state index in [0.29, 0.717) is 28.5 Å². The van der Waals surface area contributed by atoms with Gasteiger partial charge in [0.2, 0.25) is 5.91 Å². The summed E-state index contributed by atoms with van der Waals surface area (Å²) in [5.74, 6) is -3.32. The number of para-hydroxylation sites is 1. The summed E-state index contributed by atoms with van der Waals surface area (Å²) in [7, 11) is -3.00. The lowest BCUT2D eigenvalue weighted by molar-refractivity contribution is -0.137. The topological polar surface area (TPSA) is 54.8 Å². The van der Waals surface area contributed by atoms with Crippen molar-refractivity contribution in [2.24, 2.45) is 0 Å². The van der Waals surface area contributed by atoms with Crippen LogP contribution in [0.4, 0.5) is 22.0 Å². The van der Waals surface area contributed by atoms with Gasteiger partial charge in [-0.3, -0.25) is 9.59 Å². The highest BCUT2D eigenvalue weighted by atomic mass is 32.2. The number of nitrogens with zero attached hydrogens (tertiary/aromatic N) is 3. The number of amides is 1. The van der Waals surface area contributed by atoms with Crippen molar-refractivity contribution in [2.45, 2.75) is 48.9 Å². The van der Waals surface area contributed by atoms with Crippen LogP contribution in [0, 0.1) is 11.6 Å². The fraction of sp³-hybridized carbons (Fsp3) is 0.300. The molecule has 2 heterocycles. The number of pyridine rings is 1. The first-order chi connectivity index (χ1) is 29.0. The van der Waals surface area contributed by atoms with Crippen molar-refractivity contribution < 1.29 is 45.2 Å². The minimum Gasteiger partial charge on any atom is -0.383 e. The highest BCUT2D eigenvalue weighted by Gasteiger charge is 2.31. The maximum Gasteiger partial charge on any atom is 0.416 e. The molecular weight excluding hydrogens is 698 g/mol. The molecule has 1 aliphatic heterocycles. The van der Waals surface area contributed by atoms with E-state index in [1.807, 2.05) is 0 Å². The Balaban J connectivity index is 1.38. The van der Waals surface area contributed by atoms with E-state index in [9.17, 15) is 31.5 Å². The fourth-order valence-electron chi connectivity index (χ4n) is 6.08. The molecule has 0 spiro atoms. The number of alkyl halides is 3. The molecule has 1 aliphatic rings. The number of hydrogen-bond donors (Lipinski definition) is 0. The summed E-state index contributed by atoms with van der Waals surface area (Å²) < 4.78 is 155. The zero-order valence-corrected chi connectivity index (χ0v) is 28.3. The fourth-order valence-corrected chi connectivity index (χ4v) is 7.07. The predicted octanol–water partition coefficient (Wildman–Crippen LogP) is 8.40. The zero-order valence-electron chi connectivity index (χ0n) is 37.4. The van der Waals surface area contributed by atoms with Gasteiger partial charge in [0.05, 0.1) is 36.4 Å². The van der Waals surface area contributed by atoms with Crippen LogP contribution in [0.25, 0.3) is 22.0 Å². The van der Waals surface area contributed by atoms with Gasteiger partial charge in [-0.1, -0.05) is 60.6 Å². The predicted molar refractivity (Wildman–Crippen MR) is 193 cm³/mol. The van der Waals surface area contributed by atoms with Crippen molar-refractivity contribution in [3.8, 4) is 11.1 Å². The molecular formula is C40H38F5N3O3S. The molecule has 1 amide bonds. The van der Waals surface area contributed by atoms with E-state index in [2.05, 4.69) is 4.74 Å². The van der Waals surface area contributed by atoms with E-state index in [0.717, 1.165) is 22.8 Å². The number of ether oxygens (including phenoxy) is 1. The van der Waals surface area contributed by atoms with Crippen LogP contribution in [0.5, 0.6) is 0 Å². The van der Waals surface area contributed by atoms with Gasteiger partial charge < -0.3 is 19.1 Å². The number of benzene rings is 4. The summed E-state index contributed by atoms with van der Waals surface area (Å²) >= 11 is 0.696. The van der Waals surface area contributed by atoms with Crippen molar-refractivity contribution in [3.63, 3.8) is 0 Å². The van der Waals surface area contributed by atoms with Gasteiger partial charge in [-0.05, 0) is 59.8 Å². The summed E-state index contributed by atoms with van der Waals surface area (Å²) in [4.78, 5) is 31.6. The molecule has 6 rings (SSSR count). The molecule has 5 aromatic rings. The molecule has 6 nitrogen and oxygen atoms in total. The minimum atomic E-state index is -4.52. The van der Waals surface area contributed by atoms with Gasteiger partial charge in [-0.2, -0.15) is 13.2 Å². The third kappa shape index (κ3) is 8.74. The number of carbonyl (C=O) groups is 1. The van der Waals surface area contributed by atoms with Crippen LogP contribution in [-0.4, -0.2) is 59.5 Å². The van der Waals surface area contributed by atoms with Crippen molar-refractivity contribution >= 4 is 28.6 Å². The molecule has 0 saturated carbocycles. The highest BCUT2D eigenvalue weighted by Crippen LogP contribution is 2.32. The van der Waals surface area contributed by atoms with Gasteiger partial charge in [0.15, 0.2) is 17.1 Å². The van der Waals surface area contributed by atoms with Gasteiger partial charge in [0, 0.05) is 62.0 Å². The highest BCUT2D eigenvalue weighted by molar-refractivity contribution is 7.98. The van der Waals surface area contributed by atoms with Crippen molar-refractivity contribution in [3.05, 3.63) is 135 Å². The Morgan fingerprint density at radius 1 is 1.02 bits per heavy atom. The molecule has 1 fully saturated rings. The lowest BCUT2D eigenvalue weighted by Crippen LogP contribution is -2.48. The molecule has 4 aromatic carbocycles. The number of carbonyl (C=O) groups excluding carboxylic acids is 1. The molecule has 0 aliphatic carbocycles. The van der Waals surface area contributed by atoms with E-state index in [1.165, 1.54) is 29.2 Å². The quantitative estimate of drug-likeness (QED) is 0.0949. The lowest BCUT2D eigenvalue weighted by Gasteiger charge is -2.39. The Hall–Kier alpha value is -4.52. The largest absolute Gasteiger partial charge is 0.416 e. The van der Waals surface area contributed by atoms with Crippen molar-refractivity contribution in [1.82, 2.24) is 14.4 Å². The van der Waals surface area contributed by atoms with Crippen molar-refractivity contribution in [2.75, 3.05) is 33.2 Å². The summed E-state index contributed by atoms with van der Waals surface area (Å²) in [5, 5.41) is -0.806. The smallest absolute Gasteiger partial charge is 0.383 e. The van der Waals surface area contributed by atoms with Crippen LogP contribution in [0.15, 0.2) is 107 Å². The number of halogens is 5. The van der Waals surface area contributed by atoms with E-state index in [-0.39, 0.29) is 54.3 Å². The molecule has 1 aromatic heterocycles. The zero-order chi connectivity index (χ0) is 45.5. The van der Waals surface area contributed by atoms with Crippen LogP contribution in [0.3, 0.4) is 0 Å². The average molecular weight is 746 g/mol. The maximum absolute atomic E-state index is 14.8. The summed E-state index contributed by atoms with van der Waals surface area (Å²) in [6.07, 6.45) is -4.03. The summed E-state index contributed by atoms with van der Waals surface area (Å²) in [5.41, 5.74) is -0.770. The molecule has 0 unspecified atom stereocenters. The number of methoxy groups -OCH3 is 1. The third-order valence-corrected chi connectivity index (χ3v) is 9.90. The number of hydrogen-bond acceptors (Lipinski definition) is 5. The second-order valence-electron chi connectivity index (χ2n) is 12.1. The maximum atomic E-state index is 14.8. The molecule has 0 bridgehead atoms. The molecule has 0 radical (unpaired) electrons. The first-order valence-corrected chi connectivity index (χ1v) is 17.1. The Kier molecular flexibility index (Phi) is 8.31. The Bertz CT molecular complexity index is 2540. The second-order valence-corrected chi connectivity index (χ2v) is 13.1. The van der Waals surface area contributed by atoms with Gasteiger partial charge in [0.25, 0.3) is 0 Å². The monoisotopic (exact) mass is 745 g/mol. The molecule has 12 heteroatoms. The first kappa shape index (κ1) is 26.3. The van der Waals surface area contributed by atoms with E-state index in [1.54, 1.807) is 29.2 Å². The van der Waals surface area contributed by atoms with Gasteiger partial charge in [-0.25, -0.2) is 8.78 Å². The molecule has 0 atom stereocenters. The molecule has 1 saturated heterocycles. The van der Waals surface area contributed by atoms with Crippen LogP contribution < -0.4 is 5.43 Å². The van der Waals surface area contributed by atoms with Gasteiger partial charge in [0.1, 0.15) is 6.54 Å². The normalized spacial score (nSPS) is 17.5. The third-order valence-electron chi connectivity index (χ3n) is 8.85. The lowest BCUT2D eigenvalue weighted by atomic mass is 10.00. The Morgan fingerprint density at radius 3 is 2.40 bits per heavy atom. The standard InChI is InChI=1S/C40H38F5N3O3S/c1-51-22-21-46-19-17-32(18-20-46)47(24-27-9-11-28(12-10-27)29-13-15-31(16-14-29)40(43,44)45)37(50)25-48-35-8-3-2-6-33(35)36(49)23-38(48)52-26-30-5-4-7-34(41)39(30)42/h2-16,23,32H,17-22,24-26H2,1H3/i1D3,2D,3D,6D,8D,22D2,23D. The van der Waals surface area contributed by atoms with Gasteiger partial charge >= 0.3 is 6.18 Å². The average Bonchev–Trinajstić information content (AvgIpc) is 3.20. The molecule has 272 valence electrons. The molecule has 52 heavy (non-hydrogen) atoms. The number of likely N-dealkylation sites (tertiary alicyclic amines) is 1. The summed E-state index contributed by atoms with van der Waals surface area (Å²) in [6, 6.07) is 10.5. The number of thioether (sulfide) groups is 1. The first-order valence-electron chi connectivity index (χ1n) is 21.1. The van der Waals surface area contributed by atoms with Crippen molar-refractivity contribution in [1.29, 1.82) is 0 Å². The summed E-state index contributed by atoms with van der Waals surface area (Å²) in [6.45, 7) is -3.31. The van der Waals surface area contributed by atoms with Crippen LogP contribution >= 0.6 is 11.8 Å².